The van der Waals surface area contributed by atoms with Crippen LogP contribution in [0.25, 0.3) is 0 Å². The molecule has 2 N–H and O–H groups in total. The zero-order valence-electron chi connectivity index (χ0n) is 19.4. The molecule has 0 saturated heterocycles. The second kappa shape index (κ2) is 11.2. The highest BCUT2D eigenvalue weighted by Gasteiger charge is 2.30. The number of rotatable bonds is 8. The lowest BCUT2D eigenvalue weighted by Crippen LogP contribution is -2.44. The van der Waals surface area contributed by atoms with E-state index in [1.54, 1.807) is 18.2 Å². The van der Waals surface area contributed by atoms with Gasteiger partial charge in [-0.15, -0.1) is 0 Å². The summed E-state index contributed by atoms with van der Waals surface area (Å²) in [5.41, 5.74) is 2.84. The van der Waals surface area contributed by atoms with Gasteiger partial charge in [-0.1, -0.05) is 29.3 Å². The highest BCUT2D eigenvalue weighted by Crippen LogP contribution is 2.32. The minimum atomic E-state index is -1.12. The molecule has 1 aromatic heterocycles. The van der Waals surface area contributed by atoms with Crippen molar-refractivity contribution in [3.63, 3.8) is 0 Å². The minimum absolute atomic E-state index is 0.113. The van der Waals surface area contributed by atoms with Crippen molar-refractivity contribution in [3.8, 4) is 17.2 Å². The van der Waals surface area contributed by atoms with E-state index in [1.165, 1.54) is 24.3 Å². The first-order valence-corrected chi connectivity index (χ1v) is 12.0. The fourth-order valence-electron chi connectivity index (χ4n) is 4.34. The number of ether oxygens (including phenoxy) is 2. The Balaban J connectivity index is 1.50. The van der Waals surface area contributed by atoms with Crippen molar-refractivity contribution >= 4 is 35.6 Å². The standard InChI is InChI=1S/C26H24Cl2N2O6/c1-35-24-7-6-21(10-18(24)14-31)36-20-5-3-15-2-4-19(8-16(15)9-20)30(26(33)34)13-23(32)17-11-22(27)25(28)29-12-17/h3,5-7,9-12,14,19,23,32H,2,4,8,13H2,1H3,(H,33,34)/t19-,23+/m0/s1. The van der Waals surface area contributed by atoms with Crippen molar-refractivity contribution in [2.75, 3.05) is 13.7 Å². The molecule has 188 valence electrons. The molecule has 0 fully saturated rings. The predicted molar refractivity (Wildman–Crippen MR) is 135 cm³/mol. The van der Waals surface area contributed by atoms with Gasteiger partial charge in [0.2, 0.25) is 0 Å². The van der Waals surface area contributed by atoms with E-state index < -0.39 is 12.2 Å². The first-order valence-electron chi connectivity index (χ1n) is 11.2. The van der Waals surface area contributed by atoms with Crippen LogP contribution in [0.4, 0.5) is 4.79 Å². The molecule has 1 aliphatic rings. The normalized spacial score (nSPS) is 15.5. The number of fused-ring (bicyclic) bond motifs is 1. The lowest BCUT2D eigenvalue weighted by atomic mass is 9.87. The fraction of sp³-hybridized carbons (Fsp3) is 0.269. The maximum Gasteiger partial charge on any atom is 0.407 e. The molecule has 0 saturated carbocycles. The third-order valence-electron chi connectivity index (χ3n) is 6.20. The third kappa shape index (κ3) is 5.73. The van der Waals surface area contributed by atoms with Crippen molar-refractivity contribution in [1.29, 1.82) is 0 Å². The number of carboxylic acid groups (broad SMARTS) is 1. The number of methoxy groups -OCH3 is 1. The summed E-state index contributed by atoms with van der Waals surface area (Å²) in [6, 6.07) is 11.8. The maximum absolute atomic E-state index is 12.1. The second-order valence-electron chi connectivity index (χ2n) is 8.44. The Morgan fingerprint density at radius 2 is 1.94 bits per heavy atom. The van der Waals surface area contributed by atoms with Crippen LogP contribution in [-0.2, 0) is 12.8 Å². The number of aryl methyl sites for hydroxylation is 1. The largest absolute Gasteiger partial charge is 0.496 e. The van der Waals surface area contributed by atoms with Crippen molar-refractivity contribution in [3.05, 3.63) is 81.1 Å². The van der Waals surface area contributed by atoms with Crippen molar-refractivity contribution in [1.82, 2.24) is 9.88 Å². The third-order valence-corrected chi connectivity index (χ3v) is 6.89. The zero-order valence-corrected chi connectivity index (χ0v) is 20.9. The topological polar surface area (TPSA) is 109 Å². The van der Waals surface area contributed by atoms with E-state index in [-0.39, 0.29) is 22.8 Å². The Labute approximate surface area is 218 Å². The van der Waals surface area contributed by atoms with Gasteiger partial charge in [-0.3, -0.25) is 4.79 Å². The van der Waals surface area contributed by atoms with Crippen molar-refractivity contribution in [2.45, 2.75) is 31.4 Å². The molecule has 3 aromatic rings. The van der Waals surface area contributed by atoms with E-state index >= 15 is 0 Å². The van der Waals surface area contributed by atoms with Crippen LogP contribution in [0, 0.1) is 0 Å². The first-order chi connectivity index (χ1) is 17.3. The molecule has 8 nitrogen and oxygen atoms in total. The van der Waals surface area contributed by atoms with Crippen LogP contribution in [0.15, 0.2) is 48.7 Å². The SMILES string of the molecule is COc1ccc(Oc2ccc3c(c2)C[C@@H](N(C[C@@H](O)c2cnc(Cl)c(Cl)c2)C(=O)O)CC3)cc1C=O. The van der Waals surface area contributed by atoms with E-state index in [9.17, 15) is 19.8 Å². The molecule has 10 heteroatoms. The number of carbonyl (C=O) groups excluding carboxylic acids is 1. The summed E-state index contributed by atoms with van der Waals surface area (Å²) in [5.74, 6) is 1.51. The van der Waals surface area contributed by atoms with Gasteiger partial charge in [0.15, 0.2) is 6.29 Å². The molecule has 36 heavy (non-hydrogen) atoms. The zero-order chi connectivity index (χ0) is 25.8. The van der Waals surface area contributed by atoms with Gasteiger partial charge in [-0.2, -0.15) is 0 Å². The fourth-order valence-corrected chi connectivity index (χ4v) is 4.62. The van der Waals surface area contributed by atoms with Crippen LogP contribution < -0.4 is 9.47 Å². The van der Waals surface area contributed by atoms with Crippen LogP contribution in [0.5, 0.6) is 17.2 Å². The number of benzene rings is 2. The number of aldehydes is 1. The highest BCUT2D eigenvalue weighted by atomic mass is 35.5. The smallest absolute Gasteiger partial charge is 0.407 e. The summed E-state index contributed by atoms with van der Waals surface area (Å²) in [6.07, 6.45) is 1.62. The van der Waals surface area contributed by atoms with E-state index in [2.05, 4.69) is 4.98 Å². The number of hydrogen-bond acceptors (Lipinski definition) is 6. The number of halogens is 2. The predicted octanol–water partition coefficient (Wildman–Crippen LogP) is 5.57. The molecule has 1 amide bonds. The summed E-state index contributed by atoms with van der Waals surface area (Å²) in [6.45, 7) is -0.133. The van der Waals surface area contributed by atoms with Crippen LogP contribution >= 0.6 is 23.2 Å². The summed E-state index contributed by atoms with van der Waals surface area (Å²) in [5, 5.41) is 20.9. The number of aromatic nitrogens is 1. The average molecular weight is 531 g/mol. The van der Waals surface area contributed by atoms with Gasteiger partial charge in [0.05, 0.1) is 30.3 Å². The number of aliphatic hydroxyl groups is 1. The van der Waals surface area contributed by atoms with Crippen LogP contribution in [-0.4, -0.2) is 52.2 Å². The Morgan fingerprint density at radius 3 is 2.64 bits per heavy atom. The van der Waals surface area contributed by atoms with E-state index in [4.69, 9.17) is 32.7 Å². The molecule has 2 atom stereocenters. The van der Waals surface area contributed by atoms with Gasteiger partial charge < -0.3 is 24.6 Å². The Hall–Kier alpha value is -3.33. The number of nitrogens with zero attached hydrogens (tertiary/aromatic N) is 2. The van der Waals surface area contributed by atoms with E-state index in [0.717, 1.165) is 11.1 Å². The molecule has 0 unspecified atom stereocenters. The monoisotopic (exact) mass is 530 g/mol. The van der Waals surface area contributed by atoms with E-state index in [0.29, 0.717) is 53.9 Å². The lowest BCUT2D eigenvalue weighted by Gasteiger charge is -2.34. The minimum Gasteiger partial charge on any atom is -0.496 e. The Bertz CT molecular complexity index is 1290. The molecule has 0 bridgehead atoms. The van der Waals surface area contributed by atoms with Crippen LogP contribution in [0.2, 0.25) is 10.2 Å². The molecule has 0 spiro atoms. The molecule has 1 aliphatic carbocycles. The van der Waals surface area contributed by atoms with Crippen molar-refractivity contribution in [2.24, 2.45) is 0 Å². The van der Waals surface area contributed by atoms with Crippen LogP contribution in [0.1, 0.15) is 39.6 Å². The van der Waals surface area contributed by atoms with E-state index in [1.807, 2.05) is 18.2 Å². The molecule has 2 aromatic carbocycles. The Morgan fingerprint density at radius 1 is 1.19 bits per heavy atom. The van der Waals surface area contributed by atoms with Gasteiger partial charge in [0, 0.05) is 17.8 Å². The first kappa shape index (κ1) is 25.8. The molecule has 0 aliphatic heterocycles. The highest BCUT2D eigenvalue weighted by molar-refractivity contribution is 6.41. The quantitative estimate of drug-likeness (QED) is 0.289. The number of carbonyl (C=O) groups is 2. The van der Waals surface area contributed by atoms with Crippen LogP contribution in [0.3, 0.4) is 0 Å². The van der Waals surface area contributed by atoms with Crippen molar-refractivity contribution < 1.29 is 29.3 Å². The molecular formula is C26H24Cl2N2O6. The molecular weight excluding hydrogens is 507 g/mol. The maximum atomic E-state index is 12.1. The molecule has 1 heterocycles. The molecule has 0 radical (unpaired) electrons. The summed E-state index contributed by atoms with van der Waals surface area (Å²) in [4.78, 5) is 28.6. The van der Waals surface area contributed by atoms with Gasteiger partial charge >= 0.3 is 6.09 Å². The van der Waals surface area contributed by atoms with Gasteiger partial charge in [-0.05, 0) is 66.8 Å². The van der Waals surface area contributed by atoms with Gasteiger partial charge in [0.1, 0.15) is 22.4 Å². The summed E-state index contributed by atoms with van der Waals surface area (Å²) < 4.78 is 11.1. The Kier molecular flexibility index (Phi) is 7.98. The second-order valence-corrected chi connectivity index (χ2v) is 9.21. The lowest BCUT2D eigenvalue weighted by molar-refractivity contribution is 0.0725. The van der Waals surface area contributed by atoms with Gasteiger partial charge in [0.25, 0.3) is 0 Å². The number of pyridine rings is 1. The molecule has 4 rings (SSSR count). The summed E-state index contributed by atoms with van der Waals surface area (Å²) in [7, 11) is 1.49. The number of hydrogen-bond donors (Lipinski definition) is 2. The van der Waals surface area contributed by atoms with Gasteiger partial charge in [-0.25, -0.2) is 9.78 Å². The number of amides is 1. The summed E-state index contributed by atoms with van der Waals surface area (Å²) >= 11 is 11.8. The number of aliphatic hydroxyl groups excluding tert-OH is 1. The average Bonchev–Trinajstić information content (AvgIpc) is 2.88.